The first-order chi connectivity index (χ1) is 9.15. The Kier molecular flexibility index (Phi) is 2.85. The highest BCUT2D eigenvalue weighted by Crippen LogP contribution is 2.24. The quantitative estimate of drug-likeness (QED) is 0.822. The predicted molar refractivity (Wildman–Crippen MR) is 67.8 cm³/mol. The van der Waals surface area contributed by atoms with Crippen molar-refractivity contribution in [2.45, 2.75) is 26.3 Å². The molecule has 0 radical (unpaired) electrons. The molecule has 1 atom stereocenters. The van der Waals surface area contributed by atoms with E-state index in [9.17, 15) is 4.79 Å². The molecule has 6 nitrogen and oxygen atoms in total. The number of carbonyl (C=O) groups is 1. The van der Waals surface area contributed by atoms with Crippen molar-refractivity contribution >= 4 is 5.91 Å². The summed E-state index contributed by atoms with van der Waals surface area (Å²) in [4.78, 5) is 14.3. The van der Waals surface area contributed by atoms with Crippen LogP contribution in [0.4, 0.5) is 0 Å². The molecular weight excluding hydrogens is 244 g/mol. The molecule has 0 aliphatic carbocycles. The van der Waals surface area contributed by atoms with Gasteiger partial charge in [-0.3, -0.25) is 4.79 Å². The average molecular weight is 260 g/mol. The van der Waals surface area contributed by atoms with Crippen molar-refractivity contribution in [1.82, 2.24) is 19.9 Å². The van der Waals surface area contributed by atoms with Crippen LogP contribution in [0.15, 0.2) is 22.9 Å². The Morgan fingerprint density at radius 2 is 2.32 bits per heavy atom. The minimum absolute atomic E-state index is 0.0389. The topological polar surface area (TPSA) is 64.2 Å². The van der Waals surface area contributed by atoms with Crippen LogP contribution in [0.25, 0.3) is 0 Å². The number of rotatable bonds is 2. The first-order valence-electron chi connectivity index (χ1n) is 6.37. The molecule has 1 amide bonds. The molecule has 100 valence electrons. The highest BCUT2D eigenvalue weighted by Gasteiger charge is 2.30. The number of furan rings is 1. The Balaban J connectivity index is 1.74. The largest absolute Gasteiger partial charge is 0.466 e. The van der Waals surface area contributed by atoms with Crippen molar-refractivity contribution in [2.24, 2.45) is 0 Å². The lowest BCUT2D eigenvalue weighted by atomic mass is 10.2. The van der Waals surface area contributed by atoms with Crippen LogP contribution in [0, 0.1) is 13.8 Å². The molecule has 0 N–H and O–H groups in total. The van der Waals surface area contributed by atoms with Crippen molar-refractivity contribution in [3.63, 3.8) is 0 Å². The van der Waals surface area contributed by atoms with E-state index in [1.807, 2.05) is 29.6 Å². The third-order valence-electron chi connectivity index (χ3n) is 3.54. The van der Waals surface area contributed by atoms with Gasteiger partial charge in [-0.15, -0.1) is 5.10 Å². The summed E-state index contributed by atoms with van der Waals surface area (Å²) in [7, 11) is 0. The first-order valence-corrected chi connectivity index (χ1v) is 6.37. The van der Waals surface area contributed by atoms with Crippen LogP contribution < -0.4 is 0 Å². The molecule has 0 aromatic carbocycles. The molecule has 2 aromatic rings. The van der Waals surface area contributed by atoms with Gasteiger partial charge in [-0.1, -0.05) is 5.21 Å². The minimum Gasteiger partial charge on any atom is -0.466 e. The maximum Gasteiger partial charge on any atom is 0.257 e. The van der Waals surface area contributed by atoms with Crippen LogP contribution in [0.5, 0.6) is 0 Å². The summed E-state index contributed by atoms with van der Waals surface area (Å²) in [5.74, 6) is 1.50. The van der Waals surface area contributed by atoms with E-state index in [0.29, 0.717) is 17.9 Å². The van der Waals surface area contributed by atoms with Gasteiger partial charge in [-0.25, -0.2) is 4.68 Å². The fraction of sp³-hybridized carbons (Fsp3) is 0.462. The van der Waals surface area contributed by atoms with Crippen LogP contribution in [-0.2, 0) is 0 Å². The van der Waals surface area contributed by atoms with Crippen molar-refractivity contribution in [3.8, 4) is 0 Å². The predicted octanol–water partition coefficient (Wildman–Crippen LogP) is 1.58. The Morgan fingerprint density at radius 3 is 2.95 bits per heavy atom. The highest BCUT2D eigenvalue weighted by molar-refractivity contribution is 5.95. The summed E-state index contributed by atoms with van der Waals surface area (Å²) in [6.07, 6.45) is 4.41. The van der Waals surface area contributed by atoms with E-state index in [1.54, 1.807) is 12.3 Å². The fourth-order valence-corrected chi connectivity index (χ4v) is 2.57. The summed E-state index contributed by atoms with van der Waals surface area (Å²) in [5, 5.41) is 7.80. The number of hydrogen-bond donors (Lipinski definition) is 0. The van der Waals surface area contributed by atoms with Crippen LogP contribution >= 0.6 is 0 Å². The lowest BCUT2D eigenvalue weighted by molar-refractivity contribution is 0.0785. The molecule has 0 spiro atoms. The lowest BCUT2D eigenvalue weighted by Crippen LogP contribution is -2.29. The Labute approximate surface area is 111 Å². The van der Waals surface area contributed by atoms with E-state index in [4.69, 9.17) is 4.42 Å². The van der Waals surface area contributed by atoms with Gasteiger partial charge in [0, 0.05) is 19.3 Å². The molecule has 3 heterocycles. The average Bonchev–Trinajstić information content (AvgIpc) is 3.06. The normalized spacial score (nSPS) is 19.1. The minimum atomic E-state index is 0.0389. The molecule has 1 saturated heterocycles. The molecule has 1 aliphatic heterocycles. The monoisotopic (exact) mass is 260 g/mol. The van der Waals surface area contributed by atoms with Gasteiger partial charge in [0.2, 0.25) is 0 Å². The summed E-state index contributed by atoms with van der Waals surface area (Å²) in [5.41, 5.74) is 0.664. The number of nitrogens with zero attached hydrogens (tertiary/aromatic N) is 4. The number of amides is 1. The van der Waals surface area contributed by atoms with Gasteiger partial charge < -0.3 is 9.32 Å². The molecule has 19 heavy (non-hydrogen) atoms. The zero-order valence-electron chi connectivity index (χ0n) is 11.0. The van der Waals surface area contributed by atoms with Crippen molar-refractivity contribution in [1.29, 1.82) is 0 Å². The molecule has 0 bridgehead atoms. The molecule has 3 rings (SSSR count). The second-order valence-electron chi connectivity index (χ2n) is 4.90. The van der Waals surface area contributed by atoms with Crippen molar-refractivity contribution in [2.75, 3.05) is 13.1 Å². The van der Waals surface area contributed by atoms with Crippen molar-refractivity contribution in [3.05, 3.63) is 35.5 Å². The Hall–Kier alpha value is -2.11. The van der Waals surface area contributed by atoms with E-state index in [0.717, 1.165) is 18.7 Å². The first kappa shape index (κ1) is 12.0. The van der Waals surface area contributed by atoms with Crippen LogP contribution in [-0.4, -0.2) is 38.9 Å². The van der Waals surface area contributed by atoms with E-state index >= 15 is 0 Å². The zero-order chi connectivity index (χ0) is 13.4. The summed E-state index contributed by atoms with van der Waals surface area (Å²) in [6.45, 7) is 5.09. The molecule has 0 unspecified atom stereocenters. The van der Waals surface area contributed by atoms with Gasteiger partial charge >= 0.3 is 0 Å². The second kappa shape index (κ2) is 4.53. The smallest absolute Gasteiger partial charge is 0.257 e. The number of carbonyl (C=O) groups excluding carboxylic acids is 1. The third-order valence-corrected chi connectivity index (χ3v) is 3.54. The molecule has 6 heteroatoms. The van der Waals surface area contributed by atoms with Gasteiger partial charge in [0.25, 0.3) is 5.91 Å². The summed E-state index contributed by atoms with van der Waals surface area (Å²) >= 11 is 0. The number of likely N-dealkylation sites (tertiary alicyclic amines) is 1. The standard InChI is InChI=1S/C13H16N4O2/c1-9-7-12(10(2)19-9)13(18)16-5-3-11(8-16)17-6-4-14-15-17/h4,6-7,11H,3,5,8H2,1-2H3/t11-/m0/s1. The van der Waals surface area contributed by atoms with Gasteiger partial charge in [0.15, 0.2) is 0 Å². The molecular formula is C13H16N4O2. The van der Waals surface area contributed by atoms with Crippen LogP contribution in [0.3, 0.4) is 0 Å². The SMILES string of the molecule is Cc1cc(C(=O)N2CC[C@H](n3ccnn3)C2)c(C)o1. The van der Waals surface area contributed by atoms with E-state index in [1.165, 1.54) is 0 Å². The van der Waals surface area contributed by atoms with Gasteiger partial charge in [-0.05, 0) is 26.3 Å². The lowest BCUT2D eigenvalue weighted by Gasteiger charge is -2.15. The maximum atomic E-state index is 12.4. The van der Waals surface area contributed by atoms with Gasteiger partial charge in [0.05, 0.1) is 17.8 Å². The van der Waals surface area contributed by atoms with Gasteiger partial charge in [-0.2, -0.15) is 0 Å². The van der Waals surface area contributed by atoms with Crippen LogP contribution in [0.2, 0.25) is 0 Å². The molecule has 2 aromatic heterocycles. The second-order valence-corrected chi connectivity index (χ2v) is 4.90. The summed E-state index contributed by atoms with van der Waals surface area (Å²) in [6, 6.07) is 2.03. The molecule has 1 aliphatic rings. The fourth-order valence-electron chi connectivity index (χ4n) is 2.57. The maximum absolute atomic E-state index is 12.4. The number of hydrogen-bond acceptors (Lipinski definition) is 4. The third kappa shape index (κ3) is 2.14. The van der Waals surface area contributed by atoms with E-state index in [2.05, 4.69) is 10.3 Å². The van der Waals surface area contributed by atoms with E-state index in [-0.39, 0.29) is 11.9 Å². The molecule has 1 fully saturated rings. The van der Waals surface area contributed by atoms with E-state index < -0.39 is 0 Å². The molecule has 0 saturated carbocycles. The number of aryl methyl sites for hydroxylation is 2. The van der Waals surface area contributed by atoms with Crippen molar-refractivity contribution < 1.29 is 9.21 Å². The Bertz CT molecular complexity index is 588. The Morgan fingerprint density at radius 1 is 1.47 bits per heavy atom. The summed E-state index contributed by atoms with van der Waals surface area (Å²) < 4.78 is 7.24. The van der Waals surface area contributed by atoms with Crippen LogP contribution in [0.1, 0.15) is 34.3 Å². The zero-order valence-corrected chi connectivity index (χ0v) is 11.0. The number of aromatic nitrogens is 3. The highest BCUT2D eigenvalue weighted by atomic mass is 16.3. The van der Waals surface area contributed by atoms with Gasteiger partial charge in [0.1, 0.15) is 11.5 Å².